The second-order valence-corrected chi connectivity index (χ2v) is 2.81. The van der Waals surface area contributed by atoms with E-state index < -0.39 is 5.97 Å². The first-order valence-electron chi connectivity index (χ1n) is 2.48. The monoisotopic (exact) mass is 188 g/mol. The molecule has 0 aromatic carbocycles. The minimum atomic E-state index is -0.833. The van der Waals surface area contributed by atoms with Gasteiger partial charge in [0.05, 0.1) is 0 Å². The predicted molar refractivity (Wildman–Crippen MR) is 37.3 cm³/mol. The second kappa shape index (κ2) is 2.35. The van der Waals surface area contributed by atoms with Gasteiger partial charge in [0.15, 0.2) is 0 Å². The molecule has 1 N–H and O–H groups in total. The number of carboxylic acids is 1. The first-order valence-corrected chi connectivity index (χ1v) is 3.28. The van der Waals surface area contributed by atoms with Crippen molar-refractivity contribution in [2.24, 2.45) is 0 Å². The van der Waals surface area contributed by atoms with Crippen molar-refractivity contribution in [1.29, 1.82) is 0 Å². The molecule has 0 saturated carbocycles. The Kier molecular flexibility index (Phi) is 1.71. The summed E-state index contributed by atoms with van der Waals surface area (Å²) in [5.74, 6) is -0.833. The Balaban J connectivity index is 2.64. The van der Waals surface area contributed by atoms with Crippen molar-refractivity contribution < 1.29 is 9.90 Å². The number of carboxylic acid groups (broad SMARTS) is 1. The molecule has 0 aromatic heterocycles. The van der Waals surface area contributed by atoms with Crippen LogP contribution in [0.1, 0.15) is 6.42 Å². The fourth-order valence-corrected chi connectivity index (χ4v) is 1.07. The molecule has 0 aliphatic heterocycles. The maximum absolute atomic E-state index is 10.2. The van der Waals surface area contributed by atoms with Gasteiger partial charge in [0.2, 0.25) is 0 Å². The second-order valence-electron chi connectivity index (χ2n) is 1.79. The van der Waals surface area contributed by atoms with Gasteiger partial charge in [-0.05, 0) is 4.48 Å². The van der Waals surface area contributed by atoms with E-state index in [0.717, 1.165) is 4.48 Å². The molecule has 0 atom stereocenters. The molecule has 0 fully saturated rings. The van der Waals surface area contributed by atoms with Crippen molar-refractivity contribution in [1.82, 2.24) is 0 Å². The van der Waals surface area contributed by atoms with Crippen molar-refractivity contribution in [2.45, 2.75) is 6.42 Å². The van der Waals surface area contributed by atoms with Crippen LogP contribution in [0.15, 0.2) is 22.2 Å². The highest BCUT2D eigenvalue weighted by atomic mass is 79.9. The summed E-state index contributed by atoms with van der Waals surface area (Å²) in [6.45, 7) is 0. The van der Waals surface area contributed by atoms with Gasteiger partial charge in [-0.15, -0.1) is 0 Å². The third kappa shape index (κ3) is 1.42. The summed E-state index contributed by atoms with van der Waals surface area (Å²) in [5.41, 5.74) is 0.446. The molecule has 3 heteroatoms. The van der Waals surface area contributed by atoms with Crippen LogP contribution in [0.3, 0.4) is 0 Å². The maximum atomic E-state index is 10.2. The van der Waals surface area contributed by atoms with E-state index in [1.54, 1.807) is 12.2 Å². The minimum Gasteiger partial charge on any atom is -0.478 e. The van der Waals surface area contributed by atoms with E-state index in [1.807, 2.05) is 0 Å². The molecule has 2 nitrogen and oxygen atoms in total. The van der Waals surface area contributed by atoms with E-state index in [9.17, 15) is 4.79 Å². The lowest BCUT2D eigenvalue weighted by molar-refractivity contribution is -0.132. The van der Waals surface area contributed by atoms with Gasteiger partial charge in [0.1, 0.15) is 0 Å². The van der Waals surface area contributed by atoms with Crippen molar-refractivity contribution in [3.8, 4) is 0 Å². The van der Waals surface area contributed by atoms with E-state index in [4.69, 9.17) is 5.11 Å². The summed E-state index contributed by atoms with van der Waals surface area (Å²) in [4.78, 5) is 10.2. The summed E-state index contributed by atoms with van der Waals surface area (Å²) in [6, 6.07) is 0. The molecule has 0 radical (unpaired) electrons. The Bertz CT molecular complexity index is 203. The molecule has 0 unspecified atom stereocenters. The highest BCUT2D eigenvalue weighted by Gasteiger charge is 2.11. The van der Waals surface area contributed by atoms with Gasteiger partial charge >= 0.3 is 5.97 Å². The van der Waals surface area contributed by atoms with Gasteiger partial charge in [0.25, 0.3) is 0 Å². The lowest BCUT2D eigenvalue weighted by Gasteiger charge is -1.90. The molecular formula is C6H5BrO2. The minimum absolute atomic E-state index is 0.446. The molecule has 0 amide bonds. The Morgan fingerprint density at radius 3 is 2.56 bits per heavy atom. The van der Waals surface area contributed by atoms with Crippen molar-refractivity contribution in [3.63, 3.8) is 0 Å². The third-order valence-electron chi connectivity index (χ3n) is 1.10. The molecular weight excluding hydrogens is 184 g/mol. The smallest absolute Gasteiger partial charge is 0.331 e. The molecule has 1 aliphatic carbocycles. The average Bonchev–Trinajstić information content (AvgIpc) is 2.14. The fourth-order valence-electron chi connectivity index (χ4n) is 0.638. The van der Waals surface area contributed by atoms with Gasteiger partial charge in [-0.3, -0.25) is 0 Å². The average molecular weight is 189 g/mol. The maximum Gasteiger partial charge on any atom is 0.331 e. The van der Waals surface area contributed by atoms with Gasteiger partial charge < -0.3 is 5.11 Å². The topological polar surface area (TPSA) is 37.3 Å². The highest BCUT2D eigenvalue weighted by molar-refractivity contribution is 9.11. The van der Waals surface area contributed by atoms with E-state index in [1.165, 1.54) is 0 Å². The Hall–Kier alpha value is -0.570. The third-order valence-corrected chi connectivity index (χ3v) is 1.64. The molecule has 1 rings (SSSR count). The first-order chi connectivity index (χ1) is 4.20. The van der Waals surface area contributed by atoms with Gasteiger partial charge in [-0.25, -0.2) is 4.79 Å². The van der Waals surface area contributed by atoms with Crippen molar-refractivity contribution in [3.05, 3.63) is 22.2 Å². The number of hydrogen-bond acceptors (Lipinski definition) is 1. The van der Waals surface area contributed by atoms with E-state index >= 15 is 0 Å². The zero-order valence-corrected chi connectivity index (χ0v) is 6.18. The molecule has 1 aliphatic rings. The number of hydrogen-bond donors (Lipinski definition) is 1. The number of halogens is 1. The predicted octanol–water partition coefficient (Wildman–Crippen LogP) is 1.68. The largest absolute Gasteiger partial charge is 0.478 e. The lowest BCUT2D eigenvalue weighted by atomic mass is 10.2. The summed E-state index contributed by atoms with van der Waals surface area (Å²) in [5, 5.41) is 8.41. The van der Waals surface area contributed by atoms with Gasteiger partial charge in [-0.1, -0.05) is 28.1 Å². The molecule has 0 spiro atoms. The number of aliphatic carboxylic acids is 1. The van der Waals surface area contributed by atoms with Crippen LogP contribution in [0.2, 0.25) is 0 Å². The van der Waals surface area contributed by atoms with Gasteiger partial charge in [-0.2, -0.15) is 0 Å². The molecule has 0 aromatic rings. The first kappa shape index (κ1) is 6.55. The van der Waals surface area contributed by atoms with Crippen LogP contribution in [-0.4, -0.2) is 11.1 Å². The van der Waals surface area contributed by atoms with E-state index in [2.05, 4.69) is 15.9 Å². The Labute approximate surface area is 61.0 Å². The molecule has 0 bridgehead atoms. The molecule has 0 saturated heterocycles. The van der Waals surface area contributed by atoms with Crippen LogP contribution in [0.5, 0.6) is 0 Å². The zero-order chi connectivity index (χ0) is 6.85. The summed E-state index contributed by atoms with van der Waals surface area (Å²) >= 11 is 3.19. The SMILES string of the molecule is O=C(O)C1=CC=C(Br)C1. The Morgan fingerprint density at radius 2 is 2.33 bits per heavy atom. The van der Waals surface area contributed by atoms with Gasteiger partial charge in [0, 0.05) is 12.0 Å². The summed E-state index contributed by atoms with van der Waals surface area (Å²) in [6.07, 6.45) is 3.88. The normalized spacial score (nSPS) is 17.0. The number of carbonyl (C=O) groups is 1. The summed E-state index contributed by atoms with van der Waals surface area (Å²) in [7, 11) is 0. The molecule has 48 valence electrons. The quantitative estimate of drug-likeness (QED) is 0.681. The van der Waals surface area contributed by atoms with Crippen LogP contribution < -0.4 is 0 Å². The van der Waals surface area contributed by atoms with Crippen molar-refractivity contribution >= 4 is 21.9 Å². The highest BCUT2D eigenvalue weighted by Crippen LogP contribution is 2.23. The number of allylic oxidation sites excluding steroid dienone is 3. The molecule has 0 heterocycles. The fraction of sp³-hybridized carbons (Fsp3) is 0.167. The molecule has 9 heavy (non-hydrogen) atoms. The Morgan fingerprint density at radius 1 is 1.67 bits per heavy atom. The van der Waals surface area contributed by atoms with Crippen LogP contribution in [0, 0.1) is 0 Å². The van der Waals surface area contributed by atoms with E-state index in [-0.39, 0.29) is 0 Å². The van der Waals surface area contributed by atoms with Crippen LogP contribution in [0.4, 0.5) is 0 Å². The van der Waals surface area contributed by atoms with Crippen LogP contribution >= 0.6 is 15.9 Å². The lowest BCUT2D eigenvalue weighted by Crippen LogP contribution is -1.96. The van der Waals surface area contributed by atoms with E-state index in [0.29, 0.717) is 12.0 Å². The van der Waals surface area contributed by atoms with Crippen LogP contribution in [-0.2, 0) is 4.79 Å². The zero-order valence-electron chi connectivity index (χ0n) is 4.60. The standard InChI is InChI=1S/C6H5BrO2/c7-5-2-1-4(3-5)6(8)9/h1-2H,3H2,(H,8,9). The number of rotatable bonds is 1. The van der Waals surface area contributed by atoms with Crippen LogP contribution in [0.25, 0.3) is 0 Å². The van der Waals surface area contributed by atoms with Crippen molar-refractivity contribution in [2.75, 3.05) is 0 Å². The summed E-state index contributed by atoms with van der Waals surface area (Å²) < 4.78 is 0.930.